The summed E-state index contributed by atoms with van der Waals surface area (Å²) >= 11 is 0. The Bertz CT molecular complexity index is 1410. The van der Waals surface area contributed by atoms with Crippen molar-refractivity contribution in [2.45, 2.75) is 81.1 Å². The van der Waals surface area contributed by atoms with E-state index in [9.17, 15) is 19.2 Å². The molecular formula is C38H54N6O12. The Hall–Kier alpha value is -4.95. The molecule has 308 valence electrons. The molecule has 3 aliphatic heterocycles. The number of nitrogens with zero attached hydrogens (tertiary/aromatic N) is 6. The van der Waals surface area contributed by atoms with Gasteiger partial charge in [-0.3, -0.25) is 29.7 Å². The molecule has 18 nitrogen and oxygen atoms in total. The SMILES string of the molecule is CN1CCCC1c1cccnc1.CN1CCCC1c1cccnc1.CN1CCCC1c1cccnc1.O=C(O)C(O)C(O)C(=O)O.O=C(O)C(O)C(O)C(=O)O. The molecule has 56 heavy (non-hydrogen) atoms. The van der Waals surface area contributed by atoms with E-state index in [0.29, 0.717) is 18.1 Å². The van der Waals surface area contributed by atoms with Crippen molar-refractivity contribution in [2.24, 2.45) is 0 Å². The summed E-state index contributed by atoms with van der Waals surface area (Å²) in [5.74, 6) is -7.07. The summed E-state index contributed by atoms with van der Waals surface area (Å²) in [7, 11) is 6.56. The lowest BCUT2D eigenvalue weighted by molar-refractivity contribution is -0.165. The highest BCUT2D eigenvalue weighted by Crippen LogP contribution is 2.31. The maximum atomic E-state index is 9.77. The Morgan fingerprint density at radius 3 is 0.875 bits per heavy atom. The monoisotopic (exact) mass is 786 g/mol. The Kier molecular flexibility index (Phi) is 20.7. The standard InChI is InChI=1S/3C10H14N2.2C4H6O6/c3*1-12-7-3-5-10(12)9-4-2-6-11-8-9;2*5-1(3(7)8)2(6)4(9)10/h3*2,4,6,8,10H,3,5,7H2,1H3;2*1-2,5-6H,(H,7,8)(H,9,10). The second kappa shape index (κ2) is 24.5. The molecule has 3 aliphatic rings. The van der Waals surface area contributed by atoms with E-state index in [0.717, 1.165) is 0 Å². The summed E-state index contributed by atoms with van der Waals surface area (Å²) in [6.45, 7) is 3.67. The normalized spacial score (nSPS) is 21.4. The van der Waals surface area contributed by atoms with Crippen LogP contribution in [0.25, 0.3) is 0 Å². The second-order valence-corrected chi connectivity index (χ2v) is 13.4. The summed E-state index contributed by atoms with van der Waals surface area (Å²) in [6, 6.07) is 14.4. The summed E-state index contributed by atoms with van der Waals surface area (Å²) in [6.07, 6.45) is 10.2. The fourth-order valence-corrected chi connectivity index (χ4v) is 6.25. The van der Waals surface area contributed by atoms with E-state index >= 15 is 0 Å². The van der Waals surface area contributed by atoms with Crippen LogP contribution in [0.1, 0.15) is 73.3 Å². The summed E-state index contributed by atoms with van der Waals surface area (Å²) in [5, 5.41) is 65.1. The van der Waals surface area contributed by atoms with Crippen LogP contribution >= 0.6 is 0 Å². The van der Waals surface area contributed by atoms with Crippen molar-refractivity contribution in [1.82, 2.24) is 29.7 Å². The van der Waals surface area contributed by atoms with E-state index in [1.807, 2.05) is 55.4 Å². The molecule has 0 aliphatic carbocycles. The molecular weight excluding hydrogens is 732 g/mol. The molecule has 7 atom stereocenters. The Morgan fingerprint density at radius 1 is 0.500 bits per heavy atom. The molecule has 0 amide bonds. The van der Waals surface area contributed by atoms with Gasteiger partial charge in [0.2, 0.25) is 0 Å². The molecule has 3 aromatic heterocycles. The van der Waals surface area contributed by atoms with Crippen molar-refractivity contribution >= 4 is 23.9 Å². The first-order valence-corrected chi connectivity index (χ1v) is 18.0. The minimum absolute atomic E-state index is 0.610. The average molecular weight is 787 g/mol. The molecule has 18 heteroatoms. The summed E-state index contributed by atoms with van der Waals surface area (Å²) < 4.78 is 0. The lowest BCUT2D eigenvalue weighted by atomic mass is 10.1. The van der Waals surface area contributed by atoms with Crippen LogP contribution in [0.3, 0.4) is 0 Å². The van der Waals surface area contributed by atoms with Crippen LogP contribution in [0.2, 0.25) is 0 Å². The van der Waals surface area contributed by atoms with Gasteiger partial charge in [0.05, 0.1) is 0 Å². The zero-order valence-corrected chi connectivity index (χ0v) is 31.7. The second-order valence-electron chi connectivity index (χ2n) is 13.4. The average Bonchev–Trinajstić information content (AvgIpc) is 3.96. The van der Waals surface area contributed by atoms with Gasteiger partial charge < -0.3 is 40.9 Å². The first-order valence-electron chi connectivity index (χ1n) is 18.0. The topological polar surface area (TPSA) is 279 Å². The van der Waals surface area contributed by atoms with Crippen molar-refractivity contribution in [3.05, 3.63) is 90.3 Å². The number of aliphatic carboxylic acids is 4. The molecule has 6 heterocycles. The van der Waals surface area contributed by atoms with E-state index in [2.05, 4.69) is 69.0 Å². The largest absolute Gasteiger partial charge is 0.479 e. The highest BCUT2D eigenvalue weighted by atomic mass is 16.4. The maximum absolute atomic E-state index is 9.77. The highest BCUT2D eigenvalue weighted by Gasteiger charge is 2.30. The minimum atomic E-state index is -2.27. The maximum Gasteiger partial charge on any atom is 0.335 e. The van der Waals surface area contributed by atoms with Gasteiger partial charge >= 0.3 is 23.9 Å². The molecule has 3 saturated heterocycles. The quantitative estimate of drug-likeness (QED) is 0.152. The molecule has 8 N–H and O–H groups in total. The highest BCUT2D eigenvalue weighted by molar-refractivity contribution is 5.83. The number of hydrogen-bond donors (Lipinski definition) is 8. The van der Waals surface area contributed by atoms with Gasteiger partial charge in [0, 0.05) is 55.3 Å². The van der Waals surface area contributed by atoms with Crippen LogP contribution < -0.4 is 0 Å². The van der Waals surface area contributed by atoms with Crippen LogP contribution in [0.4, 0.5) is 0 Å². The zero-order valence-electron chi connectivity index (χ0n) is 31.7. The third-order valence-corrected chi connectivity index (χ3v) is 9.38. The lowest BCUT2D eigenvalue weighted by Gasteiger charge is -2.18. The fourth-order valence-electron chi connectivity index (χ4n) is 6.25. The number of aromatic nitrogens is 3. The Labute approximate surface area is 325 Å². The number of pyridine rings is 3. The van der Waals surface area contributed by atoms with E-state index in [4.69, 9.17) is 40.9 Å². The van der Waals surface area contributed by atoms with E-state index in [1.54, 1.807) is 0 Å². The van der Waals surface area contributed by atoms with Gasteiger partial charge in [0.15, 0.2) is 24.4 Å². The van der Waals surface area contributed by atoms with E-state index < -0.39 is 48.3 Å². The van der Waals surface area contributed by atoms with Crippen molar-refractivity contribution in [3.63, 3.8) is 0 Å². The number of aliphatic hydroxyl groups is 4. The van der Waals surface area contributed by atoms with Gasteiger partial charge in [-0.05, 0) is 114 Å². The number of carboxylic acids is 4. The van der Waals surface area contributed by atoms with Crippen LogP contribution in [0, 0.1) is 0 Å². The molecule has 0 spiro atoms. The van der Waals surface area contributed by atoms with Gasteiger partial charge in [-0.25, -0.2) is 19.2 Å². The van der Waals surface area contributed by atoms with Gasteiger partial charge in [0.25, 0.3) is 0 Å². The third kappa shape index (κ3) is 15.7. The molecule has 0 bridgehead atoms. The Morgan fingerprint density at radius 2 is 0.732 bits per heavy atom. The molecule has 0 aromatic carbocycles. The lowest BCUT2D eigenvalue weighted by Crippen LogP contribution is -2.39. The van der Waals surface area contributed by atoms with Crippen LogP contribution in [0.15, 0.2) is 73.6 Å². The number of carboxylic acid groups (broad SMARTS) is 4. The van der Waals surface area contributed by atoms with Gasteiger partial charge in [-0.1, -0.05) is 18.2 Å². The van der Waals surface area contributed by atoms with Crippen molar-refractivity contribution in [2.75, 3.05) is 40.8 Å². The third-order valence-electron chi connectivity index (χ3n) is 9.38. The Balaban J connectivity index is 0.000000243. The summed E-state index contributed by atoms with van der Waals surface area (Å²) in [4.78, 5) is 58.7. The number of hydrogen-bond acceptors (Lipinski definition) is 14. The minimum Gasteiger partial charge on any atom is -0.479 e. The van der Waals surface area contributed by atoms with Crippen molar-refractivity contribution in [1.29, 1.82) is 0 Å². The van der Waals surface area contributed by atoms with E-state index in [-0.39, 0.29) is 0 Å². The molecule has 0 saturated carbocycles. The van der Waals surface area contributed by atoms with Gasteiger partial charge in [-0.15, -0.1) is 0 Å². The van der Waals surface area contributed by atoms with Crippen molar-refractivity contribution in [3.8, 4) is 0 Å². The number of rotatable bonds is 9. The number of aliphatic hydroxyl groups excluding tert-OH is 4. The smallest absolute Gasteiger partial charge is 0.335 e. The predicted octanol–water partition coefficient (Wildman–Crippen LogP) is 1.30. The molecule has 6 rings (SSSR count). The first kappa shape index (κ1) is 47.2. The van der Waals surface area contributed by atoms with Gasteiger partial charge in [0.1, 0.15) is 0 Å². The first-order chi connectivity index (χ1) is 26.6. The predicted molar refractivity (Wildman–Crippen MR) is 201 cm³/mol. The van der Waals surface area contributed by atoms with E-state index in [1.165, 1.54) is 74.8 Å². The number of carbonyl (C=O) groups is 4. The molecule has 3 aromatic rings. The van der Waals surface area contributed by atoms with Gasteiger partial charge in [-0.2, -0.15) is 0 Å². The fraction of sp³-hybridized carbons (Fsp3) is 0.500. The molecule has 7 unspecified atom stereocenters. The molecule has 3 fully saturated rings. The number of likely N-dealkylation sites (tertiary alicyclic amines) is 3. The van der Waals surface area contributed by atoms with Crippen LogP contribution in [-0.4, -0.2) is 160 Å². The van der Waals surface area contributed by atoms with Crippen molar-refractivity contribution < 1.29 is 60.0 Å². The summed E-state index contributed by atoms with van der Waals surface area (Å²) in [5.41, 5.74) is 4.08. The van der Waals surface area contributed by atoms with Crippen LogP contribution in [0.5, 0.6) is 0 Å². The van der Waals surface area contributed by atoms with Crippen LogP contribution in [-0.2, 0) is 19.2 Å². The zero-order chi connectivity index (χ0) is 41.8. The molecule has 0 radical (unpaired) electrons.